The van der Waals surface area contributed by atoms with E-state index in [-0.39, 0.29) is 11.3 Å². The summed E-state index contributed by atoms with van der Waals surface area (Å²) >= 11 is 0. The highest BCUT2D eigenvalue weighted by molar-refractivity contribution is 5.93. The Morgan fingerprint density at radius 3 is 2.41 bits per heavy atom. The summed E-state index contributed by atoms with van der Waals surface area (Å²) in [5.41, 5.74) is 4.51. The zero-order chi connectivity index (χ0) is 19.6. The van der Waals surface area contributed by atoms with E-state index in [4.69, 9.17) is 10.8 Å². The molecule has 0 saturated heterocycles. The third-order valence-corrected chi connectivity index (χ3v) is 3.60. The highest BCUT2D eigenvalue weighted by Gasteiger charge is 2.21. The summed E-state index contributed by atoms with van der Waals surface area (Å²) in [6, 6.07) is 12.0. The van der Waals surface area contributed by atoms with Crippen LogP contribution in [-0.2, 0) is 0 Å². The number of hydrogen-bond donors (Lipinski definition) is 4. The van der Waals surface area contributed by atoms with Crippen molar-refractivity contribution in [3.63, 3.8) is 0 Å². The van der Waals surface area contributed by atoms with Gasteiger partial charge in [0.15, 0.2) is 11.4 Å². The third kappa shape index (κ3) is 3.44. The lowest BCUT2D eigenvalue weighted by atomic mass is 10.2. The van der Waals surface area contributed by atoms with Gasteiger partial charge in [-0.25, -0.2) is 14.3 Å². The van der Waals surface area contributed by atoms with Crippen molar-refractivity contribution in [3.8, 4) is 5.69 Å². The van der Waals surface area contributed by atoms with Gasteiger partial charge in [-0.15, -0.1) is 10.2 Å². The highest BCUT2D eigenvalue weighted by atomic mass is 16.4. The number of hydrogen-bond acceptors (Lipinski definition) is 6. The highest BCUT2D eigenvalue weighted by Crippen LogP contribution is 2.23. The second-order valence-electron chi connectivity index (χ2n) is 5.40. The standard InChI is InChI=1S/C17H13N5O5/c18-9-4-3-5-10(8-9)22-15(23)13(14(21-22)17(26)27)20-19-12-7-2-1-6-11(12)16(24)25/h1-8,21H,18H2,(H,24,25)(H,26,27). The average Bonchev–Trinajstić information content (AvgIpc) is 2.97. The van der Waals surface area contributed by atoms with Crippen LogP contribution in [0.5, 0.6) is 0 Å². The van der Waals surface area contributed by atoms with E-state index in [9.17, 15) is 19.5 Å². The van der Waals surface area contributed by atoms with Gasteiger partial charge in [0.05, 0.1) is 11.3 Å². The summed E-state index contributed by atoms with van der Waals surface area (Å²) in [6.45, 7) is 0. The molecule has 3 rings (SSSR count). The van der Waals surface area contributed by atoms with E-state index in [0.717, 1.165) is 4.68 Å². The van der Waals surface area contributed by atoms with E-state index in [0.29, 0.717) is 11.4 Å². The minimum absolute atomic E-state index is 0.0163. The minimum atomic E-state index is -1.42. The van der Waals surface area contributed by atoms with E-state index < -0.39 is 28.9 Å². The number of aromatic carboxylic acids is 2. The maximum atomic E-state index is 12.6. The molecule has 27 heavy (non-hydrogen) atoms. The molecule has 0 amide bonds. The quantitative estimate of drug-likeness (QED) is 0.400. The molecule has 0 spiro atoms. The van der Waals surface area contributed by atoms with Crippen molar-refractivity contribution in [2.24, 2.45) is 10.2 Å². The molecular formula is C17H13N5O5. The molecule has 10 heteroatoms. The number of benzene rings is 2. The normalized spacial score (nSPS) is 11.0. The Bertz CT molecular complexity index is 1130. The SMILES string of the molecule is Nc1cccc(-n2[nH]c(C(=O)O)c(N=Nc3ccccc3C(=O)O)c2=O)c1. The number of carboxylic acids is 2. The number of carbonyl (C=O) groups is 2. The molecule has 1 heterocycles. The number of azo groups is 1. The van der Waals surface area contributed by atoms with Gasteiger partial charge in [-0.1, -0.05) is 18.2 Å². The molecule has 0 aliphatic rings. The van der Waals surface area contributed by atoms with Crippen molar-refractivity contribution in [1.29, 1.82) is 0 Å². The Morgan fingerprint density at radius 1 is 1.00 bits per heavy atom. The number of nitrogen functional groups attached to an aromatic ring is 1. The molecule has 0 aliphatic heterocycles. The minimum Gasteiger partial charge on any atom is -0.478 e. The fraction of sp³-hybridized carbons (Fsp3) is 0. The number of anilines is 1. The van der Waals surface area contributed by atoms with Gasteiger partial charge in [-0.05, 0) is 30.3 Å². The first-order valence-electron chi connectivity index (χ1n) is 7.57. The molecule has 0 bridgehead atoms. The predicted octanol–water partition coefficient (Wildman–Crippen LogP) is 2.56. The van der Waals surface area contributed by atoms with Crippen molar-refractivity contribution >= 4 is 29.0 Å². The molecule has 136 valence electrons. The monoisotopic (exact) mass is 367 g/mol. The van der Waals surface area contributed by atoms with Gasteiger partial charge in [0.1, 0.15) is 5.69 Å². The molecule has 1 aromatic heterocycles. The first-order chi connectivity index (χ1) is 12.9. The summed E-state index contributed by atoms with van der Waals surface area (Å²) in [7, 11) is 0. The number of nitrogens with one attached hydrogen (secondary N) is 1. The van der Waals surface area contributed by atoms with Gasteiger partial charge in [0, 0.05) is 5.69 Å². The van der Waals surface area contributed by atoms with Gasteiger partial charge in [-0.2, -0.15) is 0 Å². The van der Waals surface area contributed by atoms with Crippen LogP contribution in [-0.4, -0.2) is 31.9 Å². The Labute approximate surface area is 151 Å². The molecule has 0 aliphatic carbocycles. The second kappa shape index (κ2) is 6.96. The zero-order valence-electron chi connectivity index (χ0n) is 13.7. The molecule has 0 fully saturated rings. The van der Waals surface area contributed by atoms with E-state index in [1.807, 2.05) is 0 Å². The molecule has 0 saturated carbocycles. The lowest BCUT2D eigenvalue weighted by Crippen LogP contribution is -2.14. The summed E-state index contributed by atoms with van der Waals surface area (Å²) in [5.74, 6) is -2.65. The second-order valence-corrected chi connectivity index (χ2v) is 5.40. The van der Waals surface area contributed by atoms with Crippen LogP contribution in [0.1, 0.15) is 20.8 Å². The Kier molecular flexibility index (Phi) is 4.54. The van der Waals surface area contributed by atoms with Crippen molar-refractivity contribution in [2.45, 2.75) is 0 Å². The van der Waals surface area contributed by atoms with E-state index >= 15 is 0 Å². The molecule has 0 unspecified atom stereocenters. The van der Waals surface area contributed by atoms with Crippen molar-refractivity contribution in [3.05, 3.63) is 70.1 Å². The number of carboxylic acid groups (broad SMARTS) is 2. The molecule has 0 atom stereocenters. The number of aromatic nitrogens is 2. The largest absolute Gasteiger partial charge is 0.478 e. The van der Waals surface area contributed by atoms with Gasteiger partial charge < -0.3 is 15.9 Å². The van der Waals surface area contributed by atoms with Crippen LogP contribution < -0.4 is 11.3 Å². The number of H-pyrrole nitrogens is 1. The lowest BCUT2D eigenvalue weighted by molar-refractivity contribution is 0.0682. The van der Waals surface area contributed by atoms with E-state index in [1.54, 1.807) is 24.3 Å². The van der Waals surface area contributed by atoms with Crippen LogP contribution in [0.15, 0.2) is 63.6 Å². The smallest absolute Gasteiger partial charge is 0.356 e. The average molecular weight is 367 g/mol. The van der Waals surface area contributed by atoms with Gasteiger partial charge in [0.25, 0.3) is 5.56 Å². The maximum Gasteiger partial charge on any atom is 0.356 e. The fourth-order valence-corrected chi connectivity index (χ4v) is 2.36. The topological polar surface area (TPSA) is 163 Å². The zero-order valence-corrected chi connectivity index (χ0v) is 13.7. The molecule has 0 radical (unpaired) electrons. The third-order valence-electron chi connectivity index (χ3n) is 3.60. The fourth-order valence-electron chi connectivity index (χ4n) is 2.36. The first kappa shape index (κ1) is 17.6. The van der Waals surface area contributed by atoms with Crippen LogP contribution in [0, 0.1) is 0 Å². The molecule has 2 aromatic carbocycles. The summed E-state index contributed by atoms with van der Waals surface area (Å²) in [6.07, 6.45) is 0. The first-order valence-corrected chi connectivity index (χ1v) is 7.57. The van der Waals surface area contributed by atoms with Gasteiger partial charge >= 0.3 is 11.9 Å². The van der Waals surface area contributed by atoms with Crippen LogP contribution in [0.25, 0.3) is 5.69 Å². The van der Waals surface area contributed by atoms with Crippen molar-refractivity contribution in [2.75, 3.05) is 5.73 Å². The molecule has 10 nitrogen and oxygen atoms in total. The molecular weight excluding hydrogens is 354 g/mol. The van der Waals surface area contributed by atoms with Crippen LogP contribution in [0.4, 0.5) is 17.1 Å². The summed E-state index contributed by atoms with van der Waals surface area (Å²) in [4.78, 5) is 35.3. The summed E-state index contributed by atoms with van der Waals surface area (Å²) < 4.78 is 0.970. The maximum absolute atomic E-state index is 12.6. The van der Waals surface area contributed by atoms with Crippen molar-refractivity contribution < 1.29 is 19.8 Å². The van der Waals surface area contributed by atoms with Crippen LogP contribution >= 0.6 is 0 Å². The molecule has 3 aromatic rings. The Hall–Kier alpha value is -4.21. The Morgan fingerprint density at radius 2 is 1.74 bits per heavy atom. The van der Waals surface area contributed by atoms with Crippen LogP contribution in [0.2, 0.25) is 0 Å². The number of rotatable bonds is 5. The number of nitrogens with two attached hydrogens (primary N) is 1. The Balaban J connectivity index is 2.12. The van der Waals surface area contributed by atoms with E-state index in [2.05, 4.69) is 15.3 Å². The van der Waals surface area contributed by atoms with Crippen molar-refractivity contribution in [1.82, 2.24) is 9.78 Å². The lowest BCUT2D eigenvalue weighted by Gasteiger charge is -2.01. The number of nitrogens with zero attached hydrogens (tertiary/aromatic N) is 3. The summed E-state index contributed by atoms with van der Waals surface area (Å²) in [5, 5.41) is 28.4. The predicted molar refractivity (Wildman–Crippen MR) is 95.3 cm³/mol. The van der Waals surface area contributed by atoms with Gasteiger partial charge in [0.2, 0.25) is 0 Å². The van der Waals surface area contributed by atoms with Gasteiger partial charge in [-0.3, -0.25) is 9.89 Å². The van der Waals surface area contributed by atoms with Crippen LogP contribution in [0.3, 0.4) is 0 Å². The number of aromatic amines is 1. The molecule has 5 N–H and O–H groups in total. The van der Waals surface area contributed by atoms with E-state index in [1.165, 1.54) is 24.3 Å².